The molecule has 102 valence electrons. The number of Topliss-reactive ketones (excluding diaryl/α,β-unsaturated/α-hetero) is 1. The zero-order valence-corrected chi connectivity index (χ0v) is 10.4. The highest BCUT2D eigenvalue weighted by atomic mass is 16.3. The average molecular weight is 272 g/mol. The van der Waals surface area contributed by atoms with E-state index >= 15 is 0 Å². The molecule has 0 heterocycles. The Hall–Kier alpha value is -2.95. The van der Waals surface area contributed by atoms with Crippen molar-refractivity contribution in [2.75, 3.05) is 0 Å². The van der Waals surface area contributed by atoms with E-state index in [1.165, 1.54) is 24.3 Å². The highest BCUT2D eigenvalue weighted by Crippen LogP contribution is 2.35. The van der Waals surface area contributed by atoms with E-state index in [9.17, 15) is 25.2 Å². The van der Waals surface area contributed by atoms with Crippen molar-refractivity contribution in [1.29, 1.82) is 0 Å². The van der Waals surface area contributed by atoms with Crippen LogP contribution in [-0.2, 0) is 0 Å². The van der Waals surface area contributed by atoms with Gasteiger partial charge in [0, 0.05) is 17.7 Å². The maximum absolute atomic E-state index is 12.2. The van der Waals surface area contributed by atoms with Crippen LogP contribution < -0.4 is 0 Å². The van der Waals surface area contributed by atoms with Gasteiger partial charge in [-0.15, -0.1) is 0 Å². The Morgan fingerprint density at radius 3 is 1.85 bits per heavy atom. The SMILES string of the molecule is C=C(C(=O)c1c(O)cc(O)cc1O)c1ccc(O)cc1. The molecule has 5 nitrogen and oxygen atoms in total. The maximum atomic E-state index is 12.2. The van der Waals surface area contributed by atoms with Crippen molar-refractivity contribution in [1.82, 2.24) is 0 Å². The fraction of sp³-hybridized carbons (Fsp3) is 0. The number of ketones is 1. The molecule has 0 radical (unpaired) electrons. The van der Waals surface area contributed by atoms with Crippen LogP contribution in [0.1, 0.15) is 15.9 Å². The zero-order valence-electron chi connectivity index (χ0n) is 10.4. The number of aromatic hydroxyl groups is 4. The van der Waals surface area contributed by atoms with Crippen LogP contribution in [0.2, 0.25) is 0 Å². The summed E-state index contributed by atoms with van der Waals surface area (Å²) in [6, 6.07) is 7.68. The number of allylic oxidation sites excluding steroid dienone is 1. The van der Waals surface area contributed by atoms with Gasteiger partial charge in [-0.3, -0.25) is 4.79 Å². The molecule has 20 heavy (non-hydrogen) atoms. The first kappa shape index (κ1) is 13.5. The molecule has 0 bridgehead atoms. The van der Waals surface area contributed by atoms with Gasteiger partial charge in [0.25, 0.3) is 0 Å². The number of carbonyl (C=O) groups is 1. The van der Waals surface area contributed by atoms with Crippen LogP contribution >= 0.6 is 0 Å². The third-order valence-corrected chi connectivity index (χ3v) is 2.80. The third kappa shape index (κ3) is 2.42. The number of hydrogen-bond acceptors (Lipinski definition) is 5. The van der Waals surface area contributed by atoms with Gasteiger partial charge in [-0.25, -0.2) is 0 Å². The summed E-state index contributed by atoms with van der Waals surface area (Å²) in [6.45, 7) is 3.62. The first-order valence-corrected chi connectivity index (χ1v) is 5.68. The molecule has 0 spiro atoms. The van der Waals surface area contributed by atoms with Gasteiger partial charge in [-0.05, 0) is 17.7 Å². The molecule has 0 fully saturated rings. The van der Waals surface area contributed by atoms with Gasteiger partial charge in [-0.2, -0.15) is 0 Å². The number of carbonyl (C=O) groups excluding carboxylic acids is 1. The predicted octanol–water partition coefficient (Wildman–Crippen LogP) is 2.41. The Kier molecular flexibility index (Phi) is 3.35. The van der Waals surface area contributed by atoms with Crippen LogP contribution in [0.4, 0.5) is 0 Å². The number of phenols is 4. The number of rotatable bonds is 3. The summed E-state index contributed by atoms with van der Waals surface area (Å²) in [5.74, 6) is -2.05. The Labute approximate surface area is 114 Å². The predicted molar refractivity (Wildman–Crippen MR) is 72.9 cm³/mol. The van der Waals surface area contributed by atoms with Crippen molar-refractivity contribution in [3.8, 4) is 23.0 Å². The molecule has 0 amide bonds. The van der Waals surface area contributed by atoms with E-state index in [2.05, 4.69) is 6.58 Å². The molecule has 4 N–H and O–H groups in total. The molecule has 0 aliphatic heterocycles. The Morgan fingerprint density at radius 2 is 1.35 bits per heavy atom. The lowest BCUT2D eigenvalue weighted by molar-refractivity contribution is 0.105. The first-order valence-electron chi connectivity index (χ1n) is 5.68. The van der Waals surface area contributed by atoms with Gasteiger partial charge < -0.3 is 20.4 Å². The molecule has 0 saturated heterocycles. The van der Waals surface area contributed by atoms with Gasteiger partial charge in [0.2, 0.25) is 5.78 Å². The summed E-state index contributed by atoms with van der Waals surface area (Å²) < 4.78 is 0. The van der Waals surface area contributed by atoms with Crippen molar-refractivity contribution in [2.45, 2.75) is 0 Å². The third-order valence-electron chi connectivity index (χ3n) is 2.80. The molecule has 2 aromatic carbocycles. The Bertz CT molecular complexity index is 663. The largest absolute Gasteiger partial charge is 0.508 e. The average Bonchev–Trinajstić information content (AvgIpc) is 2.37. The minimum atomic E-state index is -0.675. The van der Waals surface area contributed by atoms with Crippen LogP contribution in [0.25, 0.3) is 5.57 Å². The first-order chi connectivity index (χ1) is 9.40. The second-order valence-electron chi connectivity index (χ2n) is 4.21. The van der Waals surface area contributed by atoms with E-state index in [-0.39, 0.29) is 22.6 Å². The topological polar surface area (TPSA) is 98.0 Å². The van der Waals surface area contributed by atoms with E-state index in [1.807, 2.05) is 0 Å². The minimum absolute atomic E-state index is 0.0429. The molecule has 0 aliphatic rings. The smallest absolute Gasteiger partial charge is 0.200 e. The number of benzene rings is 2. The van der Waals surface area contributed by atoms with Crippen LogP contribution in [0, 0.1) is 0 Å². The molecule has 0 unspecified atom stereocenters. The van der Waals surface area contributed by atoms with E-state index < -0.39 is 17.3 Å². The fourth-order valence-corrected chi connectivity index (χ4v) is 1.77. The summed E-state index contributed by atoms with van der Waals surface area (Å²) >= 11 is 0. The Balaban J connectivity index is 2.41. The molecule has 0 aliphatic carbocycles. The van der Waals surface area contributed by atoms with Gasteiger partial charge in [0.05, 0.1) is 0 Å². The molecular formula is C15H12O5. The van der Waals surface area contributed by atoms with Gasteiger partial charge in [0.15, 0.2) is 0 Å². The van der Waals surface area contributed by atoms with Crippen molar-refractivity contribution in [3.05, 3.63) is 54.1 Å². The minimum Gasteiger partial charge on any atom is -0.508 e. The number of phenolic OH excluding ortho intramolecular Hbond substituents is 4. The van der Waals surface area contributed by atoms with Crippen molar-refractivity contribution in [2.24, 2.45) is 0 Å². The van der Waals surface area contributed by atoms with Crippen molar-refractivity contribution >= 4 is 11.4 Å². The Morgan fingerprint density at radius 1 is 0.850 bits per heavy atom. The van der Waals surface area contributed by atoms with Crippen LogP contribution in [-0.4, -0.2) is 26.2 Å². The van der Waals surface area contributed by atoms with Crippen molar-refractivity contribution in [3.63, 3.8) is 0 Å². The summed E-state index contributed by atoms with van der Waals surface area (Å²) in [6.07, 6.45) is 0. The van der Waals surface area contributed by atoms with Gasteiger partial charge in [0.1, 0.15) is 28.6 Å². The second-order valence-corrected chi connectivity index (χ2v) is 4.21. The second kappa shape index (κ2) is 4.97. The van der Waals surface area contributed by atoms with Crippen LogP contribution in [0.5, 0.6) is 23.0 Å². The van der Waals surface area contributed by atoms with Gasteiger partial charge >= 0.3 is 0 Å². The summed E-state index contributed by atoms with van der Waals surface area (Å²) in [4.78, 5) is 12.2. The van der Waals surface area contributed by atoms with E-state index in [4.69, 9.17) is 0 Å². The molecule has 2 aromatic rings. The molecule has 2 rings (SSSR count). The standard InChI is InChI=1S/C15H12O5/c1-8(9-2-4-10(16)5-3-9)15(20)14-12(18)6-11(17)7-13(14)19/h2-7,16-19H,1H2. The normalized spacial score (nSPS) is 10.2. The summed E-state index contributed by atoms with van der Waals surface area (Å²) in [5, 5.41) is 37.7. The van der Waals surface area contributed by atoms with E-state index in [1.54, 1.807) is 0 Å². The van der Waals surface area contributed by atoms with Crippen LogP contribution in [0.15, 0.2) is 43.0 Å². The highest BCUT2D eigenvalue weighted by Gasteiger charge is 2.21. The van der Waals surface area contributed by atoms with Crippen molar-refractivity contribution < 1.29 is 25.2 Å². The lowest BCUT2D eigenvalue weighted by Gasteiger charge is -2.09. The zero-order chi connectivity index (χ0) is 14.9. The molecular weight excluding hydrogens is 260 g/mol. The molecule has 0 saturated carbocycles. The fourth-order valence-electron chi connectivity index (χ4n) is 1.77. The molecule has 0 atom stereocenters. The number of hydrogen-bond donors (Lipinski definition) is 4. The van der Waals surface area contributed by atoms with Gasteiger partial charge in [-0.1, -0.05) is 18.7 Å². The lowest BCUT2D eigenvalue weighted by atomic mass is 9.97. The van der Waals surface area contributed by atoms with E-state index in [0.29, 0.717) is 5.56 Å². The molecule has 5 heteroatoms. The highest BCUT2D eigenvalue weighted by molar-refractivity contribution is 6.30. The summed E-state index contributed by atoms with van der Waals surface area (Å²) in [7, 11) is 0. The van der Waals surface area contributed by atoms with Crippen LogP contribution in [0.3, 0.4) is 0 Å². The molecule has 0 aromatic heterocycles. The lowest BCUT2D eigenvalue weighted by Crippen LogP contribution is -2.02. The quantitative estimate of drug-likeness (QED) is 0.508. The monoisotopic (exact) mass is 272 g/mol. The van der Waals surface area contributed by atoms with E-state index in [0.717, 1.165) is 12.1 Å². The summed E-state index contributed by atoms with van der Waals surface area (Å²) in [5.41, 5.74) is 0.154. The maximum Gasteiger partial charge on any atom is 0.200 e.